The van der Waals surface area contributed by atoms with Gasteiger partial charge >= 0.3 is 6.03 Å². The highest BCUT2D eigenvalue weighted by Gasteiger charge is 2.08. The van der Waals surface area contributed by atoms with Crippen LogP contribution in [0.2, 0.25) is 0 Å². The van der Waals surface area contributed by atoms with Gasteiger partial charge in [-0.1, -0.05) is 6.92 Å². The van der Waals surface area contributed by atoms with Crippen LogP contribution >= 0.6 is 0 Å². The van der Waals surface area contributed by atoms with Crippen LogP contribution in [0.25, 0.3) is 0 Å². The van der Waals surface area contributed by atoms with Gasteiger partial charge in [-0.25, -0.2) is 4.79 Å². The molecule has 0 spiro atoms. The highest BCUT2D eigenvalue weighted by molar-refractivity contribution is 5.88. The Bertz CT molecular complexity index is 362. The highest BCUT2D eigenvalue weighted by atomic mass is 16.3. The van der Waals surface area contributed by atoms with Crippen LogP contribution in [0.5, 0.6) is 0 Å². The van der Waals surface area contributed by atoms with Crippen molar-refractivity contribution in [2.24, 2.45) is 13.0 Å². The van der Waals surface area contributed by atoms with Crippen molar-refractivity contribution in [3.63, 3.8) is 0 Å². The summed E-state index contributed by atoms with van der Waals surface area (Å²) in [7, 11) is 1.79. The third-order valence-corrected chi connectivity index (χ3v) is 2.32. The van der Waals surface area contributed by atoms with Crippen molar-refractivity contribution in [2.45, 2.75) is 26.4 Å². The molecular weight excluding hydrogens is 220 g/mol. The zero-order valence-corrected chi connectivity index (χ0v) is 10.5. The first-order valence-corrected chi connectivity index (χ1v) is 5.69. The van der Waals surface area contributed by atoms with Gasteiger partial charge in [-0.3, -0.25) is 4.68 Å². The second-order valence-electron chi connectivity index (χ2n) is 4.43. The Labute approximate surface area is 101 Å². The Hall–Kier alpha value is -1.56. The molecule has 0 aromatic carbocycles. The molecule has 1 aromatic heterocycles. The average molecular weight is 240 g/mol. The molecule has 2 amide bonds. The number of aromatic nitrogens is 2. The molecule has 1 aromatic rings. The number of carbonyl (C=O) groups is 1. The molecule has 0 aliphatic carbocycles. The Kier molecular flexibility index (Phi) is 4.96. The lowest BCUT2D eigenvalue weighted by Crippen LogP contribution is -2.33. The van der Waals surface area contributed by atoms with E-state index < -0.39 is 0 Å². The number of hydrogen-bond acceptors (Lipinski definition) is 3. The number of nitrogens with zero attached hydrogens (tertiary/aromatic N) is 2. The van der Waals surface area contributed by atoms with Gasteiger partial charge in [0.25, 0.3) is 0 Å². The van der Waals surface area contributed by atoms with Gasteiger partial charge in [-0.05, 0) is 19.3 Å². The van der Waals surface area contributed by atoms with Crippen LogP contribution in [0.4, 0.5) is 10.5 Å². The summed E-state index contributed by atoms with van der Waals surface area (Å²) in [5.74, 6) is 0.245. The summed E-state index contributed by atoms with van der Waals surface area (Å²) < 4.78 is 1.62. The number of aryl methyl sites for hydroxylation is 1. The summed E-state index contributed by atoms with van der Waals surface area (Å²) in [5, 5.41) is 18.6. The fourth-order valence-corrected chi connectivity index (χ4v) is 1.59. The summed E-state index contributed by atoms with van der Waals surface area (Å²) in [6.45, 7) is 4.26. The second-order valence-corrected chi connectivity index (χ2v) is 4.43. The van der Waals surface area contributed by atoms with Crippen molar-refractivity contribution in [3.8, 4) is 0 Å². The lowest BCUT2D eigenvalue weighted by Gasteiger charge is -2.14. The van der Waals surface area contributed by atoms with Crippen LogP contribution in [-0.2, 0) is 7.05 Å². The van der Waals surface area contributed by atoms with Crippen LogP contribution < -0.4 is 10.6 Å². The molecule has 0 aliphatic rings. The van der Waals surface area contributed by atoms with E-state index in [1.807, 2.05) is 6.92 Å². The van der Waals surface area contributed by atoms with Crippen molar-refractivity contribution in [1.29, 1.82) is 0 Å². The average Bonchev–Trinajstić information content (AvgIpc) is 2.60. The van der Waals surface area contributed by atoms with Gasteiger partial charge in [0.15, 0.2) is 0 Å². The van der Waals surface area contributed by atoms with Gasteiger partial charge < -0.3 is 15.7 Å². The summed E-state index contributed by atoms with van der Waals surface area (Å²) >= 11 is 0. The Morgan fingerprint density at radius 1 is 1.59 bits per heavy atom. The summed E-state index contributed by atoms with van der Waals surface area (Å²) in [6, 6.07) is -0.254. The maximum absolute atomic E-state index is 11.5. The number of aliphatic hydroxyl groups excluding tert-OH is 1. The summed E-state index contributed by atoms with van der Waals surface area (Å²) in [4.78, 5) is 11.5. The molecule has 0 saturated heterocycles. The molecule has 6 nitrogen and oxygen atoms in total. The standard InChI is InChI=1S/C11H20N4O2/c1-8(4-9(2)16)5-12-11(17)14-10-6-13-15(3)7-10/h6-9,16H,4-5H2,1-3H3,(H2,12,14,17). The van der Waals surface area contributed by atoms with E-state index in [2.05, 4.69) is 15.7 Å². The molecule has 1 heterocycles. The minimum atomic E-state index is -0.340. The van der Waals surface area contributed by atoms with Crippen LogP contribution in [0.3, 0.4) is 0 Å². The van der Waals surface area contributed by atoms with Gasteiger partial charge in [-0.15, -0.1) is 0 Å². The minimum absolute atomic E-state index is 0.245. The number of carbonyl (C=O) groups excluding carboxylic acids is 1. The Morgan fingerprint density at radius 2 is 2.29 bits per heavy atom. The van der Waals surface area contributed by atoms with Crippen molar-refractivity contribution >= 4 is 11.7 Å². The van der Waals surface area contributed by atoms with E-state index in [1.165, 1.54) is 0 Å². The van der Waals surface area contributed by atoms with Gasteiger partial charge in [-0.2, -0.15) is 5.10 Å². The van der Waals surface area contributed by atoms with Crippen LogP contribution in [-0.4, -0.2) is 33.6 Å². The fraction of sp³-hybridized carbons (Fsp3) is 0.636. The molecule has 1 rings (SSSR count). The smallest absolute Gasteiger partial charge is 0.319 e. The zero-order chi connectivity index (χ0) is 12.8. The number of urea groups is 1. The van der Waals surface area contributed by atoms with Gasteiger partial charge in [0, 0.05) is 19.8 Å². The normalized spacial score (nSPS) is 14.1. The number of amides is 2. The fourth-order valence-electron chi connectivity index (χ4n) is 1.59. The van der Waals surface area contributed by atoms with Gasteiger partial charge in [0.05, 0.1) is 18.0 Å². The topological polar surface area (TPSA) is 79.2 Å². The predicted octanol–water partition coefficient (Wildman–Crippen LogP) is 0.949. The summed E-state index contributed by atoms with van der Waals surface area (Å²) in [5.41, 5.74) is 0.660. The molecule has 6 heteroatoms. The highest BCUT2D eigenvalue weighted by Crippen LogP contribution is 2.05. The van der Waals surface area contributed by atoms with E-state index in [0.717, 1.165) is 0 Å². The van der Waals surface area contributed by atoms with Crippen molar-refractivity contribution in [1.82, 2.24) is 15.1 Å². The number of rotatable bonds is 5. The molecule has 0 fully saturated rings. The van der Waals surface area contributed by atoms with Crippen molar-refractivity contribution in [3.05, 3.63) is 12.4 Å². The summed E-state index contributed by atoms with van der Waals surface area (Å²) in [6.07, 6.45) is 3.64. The van der Waals surface area contributed by atoms with E-state index in [9.17, 15) is 9.90 Å². The van der Waals surface area contributed by atoms with Crippen molar-refractivity contribution in [2.75, 3.05) is 11.9 Å². The third-order valence-electron chi connectivity index (χ3n) is 2.32. The Balaban J connectivity index is 2.26. The quantitative estimate of drug-likeness (QED) is 0.717. The largest absolute Gasteiger partial charge is 0.393 e. The van der Waals surface area contributed by atoms with Crippen LogP contribution in [0, 0.1) is 5.92 Å². The molecule has 0 aliphatic heterocycles. The first-order valence-electron chi connectivity index (χ1n) is 5.69. The molecule has 2 unspecified atom stereocenters. The van der Waals surface area contributed by atoms with Crippen LogP contribution in [0.1, 0.15) is 20.3 Å². The number of hydrogen-bond donors (Lipinski definition) is 3. The maximum atomic E-state index is 11.5. The van der Waals surface area contributed by atoms with E-state index in [-0.39, 0.29) is 18.1 Å². The third kappa shape index (κ3) is 5.35. The number of nitrogens with one attached hydrogen (secondary N) is 2. The van der Waals surface area contributed by atoms with E-state index in [4.69, 9.17) is 0 Å². The molecule has 0 bridgehead atoms. The SMILES string of the molecule is CC(O)CC(C)CNC(=O)Nc1cnn(C)c1. The van der Waals surface area contributed by atoms with E-state index in [1.54, 1.807) is 31.0 Å². The zero-order valence-electron chi connectivity index (χ0n) is 10.5. The maximum Gasteiger partial charge on any atom is 0.319 e. The number of anilines is 1. The monoisotopic (exact) mass is 240 g/mol. The lowest BCUT2D eigenvalue weighted by molar-refractivity contribution is 0.163. The van der Waals surface area contributed by atoms with Crippen molar-refractivity contribution < 1.29 is 9.90 Å². The molecule has 0 saturated carbocycles. The molecule has 17 heavy (non-hydrogen) atoms. The van der Waals surface area contributed by atoms with E-state index >= 15 is 0 Å². The van der Waals surface area contributed by atoms with Gasteiger partial charge in [0.2, 0.25) is 0 Å². The second kappa shape index (κ2) is 6.24. The minimum Gasteiger partial charge on any atom is -0.393 e. The van der Waals surface area contributed by atoms with E-state index in [0.29, 0.717) is 18.7 Å². The molecule has 0 radical (unpaired) electrons. The first-order chi connectivity index (χ1) is 7.97. The lowest BCUT2D eigenvalue weighted by atomic mass is 10.1. The number of aliphatic hydroxyl groups is 1. The molecule has 96 valence electrons. The first kappa shape index (κ1) is 13.5. The molecular formula is C11H20N4O2. The molecule has 2 atom stereocenters. The molecule has 3 N–H and O–H groups in total. The van der Waals surface area contributed by atoms with Gasteiger partial charge in [0.1, 0.15) is 0 Å². The Morgan fingerprint density at radius 3 is 2.82 bits per heavy atom. The predicted molar refractivity (Wildman–Crippen MR) is 65.7 cm³/mol. The van der Waals surface area contributed by atoms with Crippen LogP contribution in [0.15, 0.2) is 12.4 Å².